The van der Waals surface area contributed by atoms with Crippen LogP contribution in [0.25, 0.3) is 0 Å². The van der Waals surface area contributed by atoms with Gasteiger partial charge in [0.15, 0.2) is 0 Å². The summed E-state index contributed by atoms with van der Waals surface area (Å²) in [6.45, 7) is 4.08. The predicted octanol–water partition coefficient (Wildman–Crippen LogP) is 2.25. The number of amides is 1. The predicted molar refractivity (Wildman–Crippen MR) is 82.7 cm³/mol. The number of piperidine rings is 1. The lowest BCUT2D eigenvalue weighted by molar-refractivity contribution is 0.0722. The molecule has 0 aliphatic carbocycles. The number of carbonyl (C=O) groups is 1. The summed E-state index contributed by atoms with van der Waals surface area (Å²) in [5.41, 5.74) is 1.05. The summed E-state index contributed by atoms with van der Waals surface area (Å²) in [7, 11) is 3.82. The van der Waals surface area contributed by atoms with Gasteiger partial charge in [0.2, 0.25) is 0 Å². The second-order valence-corrected chi connectivity index (χ2v) is 6.55. The third-order valence-corrected chi connectivity index (χ3v) is 4.89. The van der Waals surface area contributed by atoms with Gasteiger partial charge < -0.3 is 14.5 Å². The molecule has 1 spiro atoms. The van der Waals surface area contributed by atoms with E-state index in [9.17, 15) is 4.79 Å². The van der Waals surface area contributed by atoms with Crippen molar-refractivity contribution in [3.8, 4) is 5.75 Å². The minimum atomic E-state index is 0.138. The molecular formula is C17H24N2O2. The molecule has 2 heterocycles. The Morgan fingerprint density at radius 2 is 2.10 bits per heavy atom. The molecule has 2 aliphatic rings. The number of rotatable bonds is 2. The van der Waals surface area contributed by atoms with Crippen LogP contribution in [0.4, 0.5) is 0 Å². The zero-order valence-corrected chi connectivity index (χ0v) is 13.0. The lowest BCUT2D eigenvalue weighted by Crippen LogP contribution is -2.43. The average Bonchev–Trinajstić information content (AvgIpc) is 2.89. The lowest BCUT2D eigenvalue weighted by atomic mass is 9.79. The highest BCUT2D eigenvalue weighted by atomic mass is 16.5. The fourth-order valence-corrected chi connectivity index (χ4v) is 3.83. The number of methoxy groups -OCH3 is 1. The minimum Gasteiger partial charge on any atom is -0.497 e. The Morgan fingerprint density at radius 1 is 1.24 bits per heavy atom. The fraction of sp³-hybridized carbons (Fsp3) is 0.588. The molecule has 0 unspecified atom stereocenters. The van der Waals surface area contributed by atoms with E-state index in [0.717, 1.165) is 37.4 Å². The van der Waals surface area contributed by atoms with Gasteiger partial charge in [0.25, 0.3) is 5.91 Å². The van der Waals surface area contributed by atoms with Crippen molar-refractivity contribution in [3.05, 3.63) is 29.8 Å². The fourth-order valence-electron chi connectivity index (χ4n) is 3.83. The third-order valence-electron chi connectivity index (χ3n) is 4.89. The van der Waals surface area contributed by atoms with E-state index in [1.807, 2.05) is 29.2 Å². The second kappa shape index (κ2) is 5.68. The van der Waals surface area contributed by atoms with Crippen LogP contribution in [0, 0.1) is 5.41 Å². The van der Waals surface area contributed by atoms with Gasteiger partial charge >= 0.3 is 0 Å². The van der Waals surface area contributed by atoms with Crippen LogP contribution in [0.3, 0.4) is 0 Å². The van der Waals surface area contributed by atoms with Crippen LogP contribution >= 0.6 is 0 Å². The van der Waals surface area contributed by atoms with E-state index in [1.54, 1.807) is 7.11 Å². The van der Waals surface area contributed by atoms with Crippen LogP contribution in [0.1, 0.15) is 29.6 Å². The highest BCUT2D eigenvalue weighted by molar-refractivity contribution is 5.94. The number of hydrogen-bond donors (Lipinski definition) is 0. The highest BCUT2D eigenvalue weighted by Crippen LogP contribution is 2.39. The van der Waals surface area contributed by atoms with Crippen molar-refractivity contribution in [2.24, 2.45) is 5.41 Å². The van der Waals surface area contributed by atoms with Crippen molar-refractivity contribution in [1.29, 1.82) is 0 Å². The molecule has 1 atom stereocenters. The molecule has 114 valence electrons. The summed E-state index contributed by atoms with van der Waals surface area (Å²) in [6, 6.07) is 7.47. The van der Waals surface area contributed by atoms with E-state index in [4.69, 9.17) is 4.74 Å². The van der Waals surface area contributed by atoms with Crippen LogP contribution in [-0.2, 0) is 0 Å². The highest BCUT2D eigenvalue weighted by Gasteiger charge is 2.42. The van der Waals surface area contributed by atoms with Gasteiger partial charge in [-0.2, -0.15) is 0 Å². The van der Waals surface area contributed by atoms with E-state index in [0.29, 0.717) is 5.41 Å². The average molecular weight is 288 g/mol. The molecule has 2 saturated heterocycles. The second-order valence-electron chi connectivity index (χ2n) is 6.55. The quantitative estimate of drug-likeness (QED) is 0.837. The zero-order chi connectivity index (χ0) is 14.9. The summed E-state index contributed by atoms with van der Waals surface area (Å²) in [5, 5.41) is 0. The van der Waals surface area contributed by atoms with Gasteiger partial charge in [-0.1, -0.05) is 6.07 Å². The van der Waals surface area contributed by atoms with Gasteiger partial charge in [0.05, 0.1) is 7.11 Å². The van der Waals surface area contributed by atoms with Gasteiger partial charge in [0, 0.05) is 30.6 Å². The van der Waals surface area contributed by atoms with Gasteiger partial charge in [0.1, 0.15) is 5.75 Å². The number of ether oxygens (including phenoxy) is 1. The minimum absolute atomic E-state index is 0.138. The number of likely N-dealkylation sites (tertiary alicyclic amines) is 2. The summed E-state index contributed by atoms with van der Waals surface area (Å²) >= 11 is 0. The lowest BCUT2D eigenvalue weighted by Gasteiger charge is -2.38. The Kier molecular flexibility index (Phi) is 3.89. The Labute approximate surface area is 126 Å². The SMILES string of the molecule is COc1cccc(C(=O)N2CC[C@@]3(CCCN(C)C3)C2)c1. The Bertz CT molecular complexity index is 531. The molecule has 3 rings (SSSR count). The third kappa shape index (κ3) is 2.91. The maximum absolute atomic E-state index is 12.7. The van der Waals surface area contributed by atoms with Crippen LogP contribution in [-0.4, -0.2) is 56.0 Å². The molecule has 4 nitrogen and oxygen atoms in total. The van der Waals surface area contributed by atoms with Crippen LogP contribution in [0.2, 0.25) is 0 Å². The standard InChI is InChI=1S/C17H24N2O2/c1-18-9-4-7-17(12-18)8-10-19(13-17)16(20)14-5-3-6-15(11-14)21-2/h3,5-6,11H,4,7-10,12-13H2,1-2H3/t17-/m1/s1. The summed E-state index contributed by atoms with van der Waals surface area (Å²) in [6.07, 6.45) is 3.63. The molecule has 2 aliphatic heterocycles. The molecule has 21 heavy (non-hydrogen) atoms. The van der Waals surface area contributed by atoms with E-state index in [-0.39, 0.29) is 5.91 Å². The summed E-state index contributed by atoms with van der Waals surface area (Å²) in [5.74, 6) is 0.881. The van der Waals surface area contributed by atoms with Crippen LogP contribution < -0.4 is 4.74 Å². The van der Waals surface area contributed by atoms with Gasteiger partial charge in [-0.25, -0.2) is 0 Å². The molecule has 4 heteroatoms. The Morgan fingerprint density at radius 3 is 2.86 bits per heavy atom. The Hall–Kier alpha value is -1.55. The van der Waals surface area contributed by atoms with E-state index in [1.165, 1.54) is 19.4 Å². The number of carbonyl (C=O) groups excluding carboxylic acids is 1. The van der Waals surface area contributed by atoms with Crippen molar-refractivity contribution in [2.75, 3.05) is 40.3 Å². The van der Waals surface area contributed by atoms with Gasteiger partial charge in [-0.05, 0) is 51.1 Å². The number of nitrogens with zero attached hydrogens (tertiary/aromatic N) is 2. The molecule has 1 amide bonds. The number of hydrogen-bond acceptors (Lipinski definition) is 3. The first-order chi connectivity index (χ1) is 10.1. The van der Waals surface area contributed by atoms with Crippen molar-refractivity contribution >= 4 is 5.91 Å². The maximum Gasteiger partial charge on any atom is 0.254 e. The summed E-state index contributed by atoms with van der Waals surface area (Å²) in [4.78, 5) is 17.1. The Balaban J connectivity index is 1.72. The largest absolute Gasteiger partial charge is 0.497 e. The van der Waals surface area contributed by atoms with E-state index >= 15 is 0 Å². The van der Waals surface area contributed by atoms with Crippen molar-refractivity contribution < 1.29 is 9.53 Å². The normalized spacial score (nSPS) is 26.3. The molecule has 0 N–H and O–H groups in total. The zero-order valence-electron chi connectivity index (χ0n) is 13.0. The van der Waals surface area contributed by atoms with Gasteiger partial charge in [-0.15, -0.1) is 0 Å². The molecule has 1 aromatic rings. The first-order valence-electron chi connectivity index (χ1n) is 7.74. The molecular weight excluding hydrogens is 264 g/mol. The van der Waals surface area contributed by atoms with E-state index < -0.39 is 0 Å². The maximum atomic E-state index is 12.7. The van der Waals surface area contributed by atoms with E-state index in [2.05, 4.69) is 11.9 Å². The van der Waals surface area contributed by atoms with Crippen molar-refractivity contribution in [1.82, 2.24) is 9.80 Å². The molecule has 1 aromatic carbocycles. The molecule has 0 saturated carbocycles. The first-order valence-corrected chi connectivity index (χ1v) is 7.74. The molecule has 0 aromatic heterocycles. The monoisotopic (exact) mass is 288 g/mol. The topological polar surface area (TPSA) is 32.8 Å². The first kappa shape index (κ1) is 14.4. The molecule has 0 bridgehead atoms. The van der Waals surface area contributed by atoms with Crippen molar-refractivity contribution in [3.63, 3.8) is 0 Å². The smallest absolute Gasteiger partial charge is 0.254 e. The van der Waals surface area contributed by atoms with Crippen molar-refractivity contribution in [2.45, 2.75) is 19.3 Å². The van der Waals surface area contributed by atoms with Crippen LogP contribution in [0.15, 0.2) is 24.3 Å². The van der Waals surface area contributed by atoms with Crippen LogP contribution in [0.5, 0.6) is 5.75 Å². The number of benzene rings is 1. The molecule has 0 radical (unpaired) electrons. The molecule has 2 fully saturated rings. The van der Waals surface area contributed by atoms with Gasteiger partial charge in [-0.3, -0.25) is 4.79 Å². The summed E-state index contributed by atoms with van der Waals surface area (Å²) < 4.78 is 5.21.